The maximum Gasteiger partial charge on any atom is 0.329 e. The summed E-state index contributed by atoms with van der Waals surface area (Å²) in [6.45, 7) is 2.71. The first kappa shape index (κ1) is 13.9. The SMILES string of the molecule is CC1(C(=O)O)CCCN1C(=O)NCC1Cc2ccccc21. The number of benzene rings is 1. The number of nitrogens with zero attached hydrogens (tertiary/aromatic N) is 1. The average molecular weight is 288 g/mol. The molecule has 1 fully saturated rings. The number of carboxylic acid groups (broad SMARTS) is 1. The number of aliphatic carboxylic acids is 1. The molecule has 1 heterocycles. The van der Waals surface area contributed by atoms with Gasteiger partial charge in [-0.05, 0) is 37.3 Å². The number of carbonyl (C=O) groups excluding carboxylic acids is 1. The molecule has 5 nitrogen and oxygen atoms in total. The van der Waals surface area contributed by atoms with E-state index in [1.165, 1.54) is 16.0 Å². The van der Waals surface area contributed by atoms with Crippen LogP contribution >= 0.6 is 0 Å². The Morgan fingerprint density at radius 3 is 2.90 bits per heavy atom. The van der Waals surface area contributed by atoms with Crippen LogP contribution in [0.2, 0.25) is 0 Å². The number of carboxylic acids is 1. The van der Waals surface area contributed by atoms with E-state index >= 15 is 0 Å². The Hall–Kier alpha value is -2.04. The molecule has 1 aromatic carbocycles. The molecule has 21 heavy (non-hydrogen) atoms. The van der Waals surface area contributed by atoms with E-state index in [0.29, 0.717) is 25.4 Å². The molecule has 2 unspecified atom stereocenters. The standard InChI is InChI=1S/C16H20N2O3/c1-16(14(19)20)7-4-8-18(16)15(21)17-10-12-9-11-5-2-3-6-13(11)12/h2-3,5-6,12H,4,7-10H2,1H3,(H,17,21)(H,19,20). The fraction of sp³-hybridized carbons (Fsp3) is 0.500. The number of hydrogen-bond donors (Lipinski definition) is 2. The lowest BCUT2D eigenvalue weighted by atomic mass is 9.78. The molecule has 2 aliphatic rings. The van der Waals surface area contributed by atoms with Crippen molar-refractivity contribution in [3.05, 3.63) is 35.4 Å². The number of rotatable bonds is 3. The maximum atomic E-state index is 12.3. The highest BCUT2D eigenvalue weighted by atomic mass is 16.4. The lowest BCUT2D eigenvalue weighted by Crippen LogP contribution is -2.54. The Morgan fingerprint density at radius 2 is 2.19 bits per heavy atom. The normalized spacial score (nSPS) is 26.9. The summed E-state index contributed by atoms with van der Waals surface area (Å²) in [4.78, 5) is 25.1. The number of carbonyl (C=O) groups is 2. The lowest BCUT2D eigenvalue weighted by molar-refractivity contribution is -0.147. The van der Waals surface area contributed by atoms with Gasteiger partial charge in [0.05, 0.1) is 0 Å². The Bertz CT molecular complexity index is 587. The van der Waals surface area contributed by atoms with Crippen molar-refractivity contribution in [2.75, 3.05) is 13.1 Å². The van der Waals surface area contributed by atoms with E-state index in [4.69, 9.17) is 0 Å². The van der Waals surface area contributed by atoms with E-state index in [1.807, 2.05) is 12.1 Å². The molecule has 5 heteroatoms. The smallest absolute Gasteiger partial charge is 0.329 e. The summed E-state index contributed by atoms with van der Waals surface area (Å²) in [7, 11) is 0. The van der Waals surface area contributed by atoms with E-state index in [9.17, 15) is 14.7 Å². The Balaban J connectivity index is 1.60. The van der Waals surface area contributed by atoms with Crippen LogP contribution in [0.4, 0.5) is 4.79 Å². The number of fused-ring (bicyclic) bond motifs is 1. The number of hydrogen-bond acceptors (Lipinski definition) is 2. The first-order valence-corrected chi connectivity index (χ1v) is 7.39. The molecule has 2 amide bonds. The van der Waals surface area contributed by atoms with Crippen LogP contribution < -0.4 is 5.32 Å². The van der Waals surface area contributed by atoms with Gasteiger partial charge in [0.2, 0.25) is 0 Å². The van der Waals surface area contributed by atoms with Gasteiger partial charge < -0.3 is 15.3 Å². The summed E-state index contributed by atoms with van der Waals surface area (Å²) in [5.41, 5.74) is 1.57. The molecule has 0 radical (unpaired) electrons. The first-order valence-electron chi connectivity index (χ1n) is 7.39. The molecule has 1 saturated heterocycles. The Labute approximate surface area is 123 Å². The van der Waals surface area contributed by atoms with Crippen LogP contribution in [0, 0.1) is 0 Å². The number of urea groups is 1. The number of nitrogens with one attached hydrogen (secondary N) is 1. The van der Waals surface area contributed by atoms with Gasteiger partial charge in [-0.1, -0.05) is 24.3 Å². The summed E-state index contributed by atoms with van der Waals surface area (Å²) in [6.07, 6.45) is 2.23. The van der Waals surface area contributed by atoms with Crippen LogP contribution in [-0.2, 0) is 11.2 Å². The summed E-state index contributed by atoms with van der Waals surface area (Å²) >= 11 is 0. The minimum Gasteiger partial charge on any atom is -0.480 e. The molecule has 1 aliphatic carbocycles. The minimum absolute atomic E-state index is 0.262. The highest BCUT2D eigenvalue weighted by Gasteiger charge is 2.46. The third kappa shape index (κ3) is 2.26. The highest BCUT2D eigenvalue weighted by Crippen LogP contribution is 2.34. The van der Waals surface area contributed by atoms with Crippen LogP contribution in [0.25, 0.3) is 0 Å². The number of likely N-dealkylation sites (tertiary alicyclic amines) is 1. The van der Waals surface area contributed by atoms with Gasteiger partial charge in [-0.25, -0.2) is 9.59 Å². The van der Waals surface area contributed by atoms with E-state index < -0.39 is 11.5 Å². The largest absolute Gasteiger partial charge is 0.480 e. The summed E-state index contributed by atoms with van der Waals surface area (Å²) < 4.78 is 0. The van der Waals surface area contributed by atoms with Crippen molar-refractivity contribution in [2.24, 2.45) is 0 Å². The van der Waals surface area contributed by atoms with Crippen LogP contribution in [0.1, 0.15) is 36.8 Å². The summed E-state index contributed by atoms with van der Waals surface area (Å²) in [5, 5.41) is 12.2. The molecule has 1 aromatic rings. The highest BCUT2D eigenvalue weighted by molar-refractivity contribution is 5.86. The topological polar surface area (TPSA) is 69.6 Å². The Kier molecular flexibility index (Phi) is 3.35. The van der Waals surface area contributed by atoms with E-state index in [1.54, 1.807) is 6.92 Å². The molecule has 2 atom stereocenters. The third-order valence-electron chi connectivity index (χ3n) is 4.81. The van der Waals surface area contributed by atoms with Crippen molar-refractivity contribution in [1.29, 1.82) is 0 Å². The van der Waals surface area contributed by atoms with Crippen molar-refractivity contribution in [1.82, 2.24) is 10.2 Å². The molecule has 2 N–H and O–H groups in total. The van der Waals surface area contributed by atoms with Gasteiger partial charge in [-0.2, -0.15) is 0 Å². The monoisotopic (exact) mass is 288 g/mol. The van der Waals surface area contributed by atoms with Gasteiger partial charge >= 0.3 is 12.0 Å². The van der Waals surface area contributed by atoms with Crippen molar-refractivity contribution in [3.8, 4) is 0 Å². The third-order valence-corrected chi connectivity index (χ3v) is 4.81. The average Bonchev–Trinajstić information content (AvgIpc) is 2.83. The molecular formula is C16H20N2O3. The van der Waals surface area contributed by atoms with Gasteiger partial charge in [-0.15, -0.1) is 0 Å². The predicted molar refractivity (Wildman–Crippen MR) is 78.3 cm³/mol. The maximum absolute atomic E-state index is 12.3. The van der Waals surface area contributed by atoms with Crippen LogP contribution in [0.5, 0.6) is 0 Å². The van der Waals surface area contributed by atoms with Gasteiger partial charge in [0.25, 0.3) is 0 Å². The fourth-order valence-electron chi connectivity index (χ4n) is 3.36. The second kappa shape index (κ2) is 5.06. The van der Waals surface area contributed by atoms with Crippen molar-refractivity contribution >= 4 is 12.0 Å². The Morgan fingerprint density at radius 1 is 1.43 bits per heavy atom. The zero-order valence-electron chi connectivity index (χ0n) is 12.1. The zero-order valence-corrected chi connectivity index (χ0v) is 12.1. The molecular weight excluding hydrogens is 268 g/mol. The molecule has 1 aliphatic heterocycles. The van der Waals surface area contributed by atoms with Gasteiger partial charge in [0, 0.05) is 19.0 Å². The van der Waals surface area contributed by atoms with Gasteiger partial charge in [0.15, 0.2) is 0 Å². The zero-order chi connectivity index (χ0) is 15.0. The van der Waals surface area contributed by atoms with E-state index in [-0.39, 0.29) is 6.03 Å². The van der Waals surface area contributed by atoms with E-state index in [0.717, 1.165) is 12.8 Å². The molecule has 0 saturated carbocycles. The second-order valence-electron chi connectivity index (χ2n) is 6.12. The quantitative estimate of drug-likeness (QED) is 0.893. The summed E-state index contributed by atoms with van der Waals surface area (Å²) in [6, 6.07) is 7.97. The summed E-state index contributed by atoms with van der Waals surface area (Å²) in [5.74, 6) is -0.576. The van der Waals surface area contributed by atoms with Crippen LogP contribution in [0.15, 0.2) is 24.3 Å². The van der Waals surface area contributed by atoms with Crippen molar-refractivity contribution < 1.29 is 14.7 Å². The fourth-order valence-corrected chi connectivity index (χ4v) is 3.36. The minimum atomic E-state index is -1.07. The molecule has 0 bridgehead atoms. The molecule has 0 spiro atoms. The lowest BCUT2D eigenvalue weighted by Gasteiger charge is -2.34. The van der Waals surface area contributed by atoms with Gasteiger partial charge in [-0.3, -0.25) is 0 Å². The van der Waals surface area contributed by atoms with Crippen LogP contribution in [-0.4, -0.2) is 40.6 Å². The van der Waals surface area contributed by atoms with E-state index in [2.05, 4.69) is 17.4 Å². The predicted octanol–water partition coefficient (Wildman–Crippen LogP) is 1.97. The van der Waals surface area contributed by atoms with Crippen LogP contribution in [0.3, 0.4) is 0 Å². The molecule has 112 valence electrons. The van der Waals surface area contributed by atoms with Gasteiger partial charge in [0.1, 0.15) is 5.54 Å². The molecule has 0 aromatic heterocycles. The molecule has 3 rings (SSSR count). The first-order chi connectivity index (χ1) is 10.0. The van der Waals surface area contributed by atoms with Crippen molar-refractivity contribution in [2.45, 2.75) is 37.6 Å². The second-order valence-corrected chi connectivity index (χ2v) is 6.12. The van der Waals surface area contributed by atoms with Crippen molar-refractivity contribution in [3.63, 3.8) is 0 Å². The number of amides is 2.